The SMILES string of the molecule is CCOC.O=CCBr. The van der Waals surface area contributed by atoms with Crippen molar-refractivity contribution < 1.29 is 9.53 Å². The molecule has 50 valence electrons. The van der Waals surface area contributed by atoms with E-state index in [0.717, 1.165) is 12.9 Å². The molecule has 0 heterocycles. The third kappa shape index (κ3) is 35.8. The van der Waals surface area contributed by atoms with Crippen molar-refractivity contribution in [1.82, 2.24) is 0 Å². The van der Waals surface area contributed by atoms with E-state index < -0.39 is 0 Å². The predicted octanol–water partition coefficient (Wildman–Crippen LogP) is 1.23. The summed E-state index contributed by atoms with van der Waals surface area (Å²) in [7, 11) is 1.68. The van der Waals surface area contributed by atoms with E-state index in [1.807, 2.05) is 6.92 Å². The summed E-state index contributed by atoms with van der Waals surface area (Å²) in [5.41, 5.74) is 0. The summed E-state index contributed by atoms with van der Waals surface area (Å²) in [6.45, 7) is 2.78. The maximum absolute atomic E-state index is 9.13. The minimum Gasteiger partial charge on any atom is -0.385 e. The summed E-state index contributed by atoms with van der Waals surface area (Å²) in [6.07, 6.45) is 0.792. The third-order valence-electron chi connectivity index (χ3n) is 0.352. The van der Waals surface area contributed by atoms with Gasteiger partial charge in [-0.05, 0) is 6.92 Å². The average molecular weight is 183 g/mol. The van der Waals surface area contributed by atoms with Crippen LogP contribution in [-0.4, -0.2) is 25.3 Å². The Morgan fingerprint density at radius 1 is 1.75 bits per heavy atom. The fourth-order valence-electron chi connectivity index (χ4n) is 0. The lowest BCUT2D eigenvalue weighted by molar-refractivity contribution is -0.105. The van der Waals surface area contributed by atoms with Crippen LogP contribution in [0.25, 0.3) is 0 Å². The normalized spacial score (nSPS) is 6.88. The Morgan fingerprint density at radius 2 is 2.00 bits per heavy atom. The topological polar surface area (TPSA) is 26.3 Å². The zero-order valence-corrected chi connectivity index (χ0v) is 6.77. The van der Waals surface area contributed by atoms with E-state index >= 15 is 0 Å². The Labute approximate surface area is 58.3 Å². The monoisotopic (exact) mass is 182 g/mol. The van der Waals surface area contributed by atoms with Gasteiger partial charge in [0.05, 0.1) is 5.33 Å². The number of hydrogen-bond acceptors (Lipinski definition) is 2. The minimum atomic E-state index is 0.451. The number of carbonyl (C=O) groups is 1. The van der Waals surface area contributed by atoms with Gasteiger partial charge >= 0.3 is 0 Å². The van der Waals surface area contributed by atoms with Gasteiger partial charge in [0.2, 0.25) is 0 Å². The molecule has 3 heteroatoms. The van der Waals surface area contributed by atoms with Crippen molar-refractivity contribution in [3.05, 3.63) is 0 Å². The molecule has 0 saturated heterocycles. The second-order valence-corrected chi connectivity index (χ2v) is 1.55. The molecule has 0 N–H and O–H groups in total. The van der Waals surface area contributed by atoms with Crippen molar-refractivity contribution >= 4 is 22.2 Å². The number of alkyl halides is 1. The van der Waals surface area contributed by atoms with Crippen molar-refractivity contribution in [3.63, 3.8) is 0 Å². The van der Waals surface area contributed by atoms with Gasteiger partial charge in [0.1, 0.15) is 6.29 Å². The highest BCUT2D eigenvalue weighted by Crippen LogP contribution is 1.65. The van der Waals surface area contributed by atoms with Crippen LogP contribution in [0.15, 0.2) is 0 Å². The average Bonchev–Trinajstić information content (AvgIpc) is 1.88. The number of methoxy groups -OCH3 is 1. The lowest BCUT2D eigenvalue weighted by Gasteiger charge is -1.76. The van der Waals surface area contributed by atoms with Crippen molar-refractivity contribution in [2.75, 3.05) is 19.0 Å². The molecule has 0 saturated carbocycles. The van der Waals surface area contributed by atoms with Gasteiger partial charge in [0, 0.05) is 13.7 Å². The Morgan fingerprint density at radius 3 is 2.00 bits per heavy atom. The van der Waals surface area contributed by atoms with Crippen LogP contribution in [0.1, 0.15) is 6.92 Å². The fourth-order valence-corrected chi connectivity index (χ4v) is 0. The van der Waals surface area contributed by atoms with Gasteiger partial charge in [0.25, 0.3) is 0 Å². The molecule has 8 heavy (non-hydrogen) atoms. The molecule has 0 aliphatic heterocycles. The van der Waals surface area contributed by atoms with Crippen molar-refractivity contribution in [2.24, 2.45) is 0 Å². The molecule has 0 atom stereocenters. The van der Waals surface area contributed by atoms with Crippen LogP contribution in [-0.2, 0) is 9.53 Å². The molecule has 2 nitrogen and oxygen atoms in total. The molecule has 0 aliphatic carbocycles. The Hall–Kier alpha value is 0.110. The fraction of sp³-hybridized carbons (Fsp3) is 0.800. The smallest absolute Gasteiger partial charge is 0.130 e. The van der Waals surface area contributed by atoms with Crippen LogP contribution in [0.5, 0.6) is 0 Å². The summed E-state index contributed by atoms with van der Waals surface area (Å²) in [5, 5.41) is 0.451. The molecule has 0 amide bonds. The third-order valence-corrected chi connectivity index (χ3v) is 0.616. The van der Waals surface area contributed by atoms with Crippen LogP contribution >= 0.6 is 15.9 Å². The standard InChI is InChI=1S/C3H8O.C2H3BrO/c1-3-4-2;3-1-2-4/h3H2,1-2H3;2H,1H2. The van der Waals surface area contributed by atoms with Gasteiger partial charge in [-0.3, -0.25) is 0 Å². The molecule has 0 aromatic rings. The van der Waals surface area contributed by atoms with Gasteiger partial charge in [-0.25, -0.2) is 0 Å². The Bertz CT molecular complexity index is 37.4. The minimum absolute atomic E-state index is 0.451. The van der Waals surface area contributed by atoms with Crippen LogP contribution < -0.4 is 0 Å². The molecule has 0 rings (SSSR count). The number of aldehydes is 1. The molecule has 0 aliphatic rings. The molecular formula is C5H11BrO2. The molecule has 0 aromatic heterocycles. The largest absolute Gasteiger partial charge is 0.385 e. The number of ether oxygens (including phenoxy) is 1. The Balaban J connectivity index is 0. The first kappa shape index (κ1) is 11.0. The number of rotatable bonds is 2. The van der Waals surface area contributed by atoms with Gasteiger partial charge in [0.15, 0.2) is 0 Å². The van der Waals surface area contributed by atoms with Gasteiger partial charge < -0.3 is 9.53 Å². The second-order valence-electron chi connectivity index (χ2n) is 0.898. The maximum atomic E-state index is 9.13. The molecule has 0 bridgehead atoms. The molecule has 0 unspecified atom stereocenters. The molecular weight excluding hydrogens is 172 g/mol. The molecule has 0 fully saturated rings. The summed E-state index contributed by atoms with van der Waals surface area (Å²) >= 11 is 2.88. The number of hydrogen-bond donors (Lipinski definition) is 0. The van der Waals surface area contributed by atoms with Gasteiger partial charge in [-0.1, -0.05) is 15.9 Å². The van der Waals surface area contributed by atoms with Gasteiger partial charge in [-0.15, -0.1) is 0 Å². The zero-order valence-electron chi connectivity index (χ0n) is 5.19. The Kier molecular flexibility index (Phi) is 21.6. The molecule has 0 spiro atoms. The quantitative estimate of drug-likeness (QED) is 0.475. The number of carbonyl (C=O) groups excluding carboxylic acids is 1. The van der Waals surface area contributed by atoms with Crippen molar-refractivity contribution in [1.29, 1.82) is 0 Å². The lowest BCUT2D eigenvalue weighted by atomic mass is 10.9. The zero-order chi connectivity index (χ0) is 6.83. The van der Waals surface area contributed by atoms with Crippen LogP contribution in [0.4, 0.5) is 0 Å². The first-order chi connectivity index (χ1) is 3.83. The molecule has 0 radical (unpaired) electrons. The van der Waals surface area contributed by atoms with E-state index in [1.54, 1.807) is 7.11 Å². The summed E-state index contributed by atoms with van der Waals surface area (Å²) in [4.78, 5) is 9.13. The lowest BCUT2D eigenvalue weighted by Crippen LogP contribution is -1.73. The van der Waals surface area contributed by atoms with Crippen LogP contribution in [0, 0.1) is 0 Å². The van der Waals surface area contributed by atoms with E-state index in [9.17, 15) is 0 Å². The second kappa shape index (κ2) is 15.7. The van der Waals surface area contributed by atoms with E-state index in [-0.39, 0.29) is 0 Å². The number of halogens is 1. The highest BCUT2D eigenvalue weighted by molar-refractivity contribution is 9.09. The van der Waals surface area contributed by atoms with Crippen LogP contribution in [0.3, 0.4) is 0 Å². The summed E-state index contributed by atoms with van der Waals surface area (Å²) < 4.78 is 4.54. The highest BCUT2D eigenvalue weighted by atomic mass is 79.9. The summed E-state index contributed by atoms with van der Waals surface area (Å²) in [5.74, 6) is 0. The maximum Gasteiger partial charge on any atom is 0.130 e. The first-order valence-corrected chi connectivity index (χ1v) is 3.44. The van der Waals surface area contributed by atoms with Gasteiger partial charge in [-0.2, -0.15) is 0 Å². The predicted molar refractivity (Wildman–Crippen MR) is 37.4 cm³/mol. The summed E-state index contributed by atoms with van der Waals surface area (Å²) in [6, 6.07) is 0. The van der Waals surface area contributed by atoms with Crippen molar-refractivity contribution in [2.45, 2.75) is 6.92 Å². The van der Waals surface area contributed by atoms with E-state index in [1.165, 1.54) is 0 Å². The van der Waals surface area contributed by atoms with Crippen molar-refractivity contribution in [3.8, 4) is 0 Å². The first-order valence-electron chi connectivity index (χ1n) is 2.32. The van der Waals surface area contributed by atoms with E-state index in [2.05, 4.69) is 20.7 Å². The molecule has 0 aromatic carbocycles. The van der Waals surface area contributed by atoms with Crippen LogP contribution in [0.2, 0.25) is 0 Å². The van der Waals surface area contributed by atoms with E-state index in [4.69, 9.17) is 4.79 Å². The van der Waals surface area contributed by atoms with E-state index in [0.29, 0.717) is 5.33 Å². The highest BCUT2D eigenvalue weighted by Gasteiger charge is 1.55.